The maximum Gasteiger partial charge on any atom is 0.306 e. The van der Waals surface area contributed by atoms with Crippen LogP contribution in [0.25, 0.3) is 0 Å². The zero-order chi connectivity index (χ0) is 49.3. The minimum absolute atomic E-state index is 0.0777. The van der Waals surface area contributed by atoms with E-state index in [9.17, 15) is 14.4 Å². The van der Waals surface area contributed by atoms with Crippen molar-refractivity contribution in [2.75, 3.05) is 13.2 Å². The molecule has 1 atom stereocenters. The summed E-state index contributed by atoms with van der Waals surface area (Å²) < 4.78 is 16.9. The monoisotopic (exact) mass is 951 g/mol. The Balaban J connectivity index is 4.36. The zero-order valence-electron chi connectivity index (χ0n) is 45.1. The predicted molar refractivity (Wildman–Crippen MR) is 293 cm³/mol. The van der Waals surface area contributed by atoms with Crippen LogP contribution in [0, 0.1) is 0 Å². The molecular weight excluding hydrogens is 841 g/mol. The summed E-state index contributed by atoms with van der Waals surface area (Å²) >= 11 is 0. The van der Waals surface area contributed by atoms with Crippen molar-refractivity contribution in [1.82, 2.24) is 0 Å². The van der Waals surface area contributed by atoms with Gasteiger partial charge in [-0.3, -0.25) is 14.4 Å². The summed E-state index contributed by atoms with van der Waals surface area (Å²) in [5.41, 5.74) is 0. The minimum Gasteiger partial charge on any atom is -0.462 e. The van der Waals surface area contributed by atoms with Crippen LogP contribution in [0.5, 0.6) is 0 Å². The van der Waals surface area contributed by atoms with Crippen molar-refractivity contribution in [3.05, 3.63) is 60.8 Å². The van der Waals surface area contributed by atoms with Gasteiger partial charge in [0.05, 0.1) is 0 Å². The van der Waals surface area contributed by atoms with Crippen molar-refractivity contribution in [3.8, 4) is 0 Å². The third-order valence-electron chi connectivity index (χ3n) is 12.7. The predicted octanol–water partition coefficient (Wildman–Crippen LogP) is 19.6. The molecule has 0 saturated carbocycles. The summed E-state index contributed by atoms with van der Waals surface area (Å²) in [5.74, 6) is -0.883. The number of carbonyl (C=O) groups excluding carboxylic acids is 3. The summed E-state index contributed by atoms with van der Waals surface area (Å²) in [5, 5.41) is 0. The van der Waals surface area contributed by atoms with Gasteiger partial charge < -0.3 is 14.2 Å². The van der Waals surface area contributed by atoms with Crippen LogP contribution in [-0.2, 0) is 28.6 Å². The Morgan fingerprint density at radius 2 is 0.529 bits per heavy atom. The van der Waals surface area contributed by atoms with Gasteiger partial charge in [-0.1, -0.05) is 248 Å². The molecule has 394 valence electrons. The van der Waals surface area contributed by atoms with E-state index in [1.54, 1.807) is 0 Å². The van der Waals surface area contributed by atoms with Gasteiger partial charge in [0.2, 0.25) is 0 Å². The minimum atomic E-state index is -0.780. The van der Waals surface area contributed by atoms with Crippen LogP contribution in [0.4, 0.5) is 0 Å². The first-order chi connectivity index (χ1) is 33.5. The van der Waals surface area contributed by atoms with Crippen LogP contribution < -0.4 is 0 Å². The third kappa shape index (κ3) is 54.1. The van der Waals surface area contributed by atoms with Gasteiger partial charge in [0.15, 0.2) is 6.10 Å². The number of allylic oxidation sites excluding steroid dienone is 10. The van der Waals surface area contributed by atoms with Crippen LogP contribution in [0.2, 0.25) is 0 Å². The van der Waals surface area contributed by atoms with E-state index in [0.717, 1.165) is 83.5 Å². The Labute approximate surface area is 421 Å². The molecule has 0 aromatic rings. The molecule has 0 radical (unpaired) electrons. The van der Waals surface area contributed by atoms with Gasteiger partial charge in [-0.2, -0.15) is 0 Å². The molecule has 0 heterocycles. The van der Waals surface area contributed by atoms with Crippen molar-refractivity contribution < 1.29 is 28.6 Å². The molecule has 0 aliphatic heterocycles. The fourth-order valence-corrected chi connectivity index (χ4v) is 8.30. The lowest BCUT2D eigenvalue weighted by molar-refractivity contribution is -0.167. The molecule has 0 aromatic carbocycles. The van der Waals surface area contributed by atoms with E-state index in [4.69, 9.17) is 14.2 Å². The number of ether oxygens (including phenoxy) is 3. The molecule has 0 amide bonds. The van der Waals surface area contributed by atoms with Gasteiger partial charge in [0.25, 0.3) is 0 Å². The molecule has 0 saturated heterocycles. The van der Waals surface area contributed by atoms with Gasteiger partial charge in [0.1, 0.15) is 13.2 Å². The van der Waals surface area contributed by atoms with Crippen LogP contribution in [-0.4, -0.2) is 37.2 Å². The number of hydrogen-bond donors (Lipinski definition) is 0. The fourth-order valence-electron chi connectivity index (χ4n) is 8.30. The van der Waals surface area contributed by atoms with Crippen molar-refractivity contribution >= 4 is 17.9 Å². The normalized spacial score (nSPS) is 12.5. The van der Waals surface area contributed by atoms with Crippen LogP contribution in [0.1, 0.15) is 297 Å². The zero-order valence-corrected chi connectivity index (χ0v) is 45.1. The van der Waals surface area contributed by atoms with Crippen molar-refractivity contribution in [2.45, 2.75) is 303 Å². The third-order valence-corrected chi connectivity index (χ3v) is 12.7. The van der Waals surface area contributed by atoms with E-state index in [2.05, 4.69) is 81.5 Å². The van der Waals surface area contributed by atoms with E-state index < -0.39 is 6.10 Å². The first-order valence-electron chi connectivity index (χ1n) is 29.3. The average molecular weight is 952 g/mol. The van der Waals surface area contributed by atoms with Gasteiger partial charge in [-0.25, -0.2) is 0 Å². The van der Waals surface area contributed by atoms with E-state index in [0.29, 0.717) is 19.3 Å². The number of esters is 3. The molecule has 0 N–H and O–H groups in total. The second-order valence-corrected chi connectivity index (χ2v) is 19.6. The van der Waals surface area contributed by atoms with Crippen LogP contribution >= 0.6 is 0 Å². The lowest BCUT2D eigenvalue weighted by atomic mass is 10.0. The molecule has 6 heteroatoms. The highest BCUT2D eigenvalue weighted by Gasteiger charge is 2.19. The molecule has 0 spiro atoms. The Hall–Kier alpha value is -2.89. The highest BCUT2D eigenvalue weighted by atomic mass is 16.6. The number of unbranched alkanes of at least 4 members (excludes halogenated alkanes) is 32. The van der Waals surface area contributed by atoms with Gasteiger partial charge in [-0.15, -0.1) is 0 Å². The second kappa shape index (κ2) is 56.7. The molecule has 1 unspecified atom stereocenters. The Bertz CT molecular complexity index is 1230. The Morgan fingerprint density at radius 3 is 0.853 bits per heavy atom. The number of hydrogen-bond acceptors (Lipinski definition) is 6. The van der Waals surface area contributed by atoms with Crippen LogP contribution in [0.3, 0.4) is 0 Å². The number of rotatable bonds is 53. The van der Waals surface area contributed by atoms with Gasteiger partial charge in [-0.05, 0) is 89.9 Å². The molecule has 0 aromatic heterocycles. The average Bonchev–Trinajstić information content (AvgIpc) is 3.34. The van der Waals surface area contributed by atoms with Gasteiger partial charge in [0, 0.05) is 19.3 Å². The molecule has 0 aliphatic carbocycles. The van der Waals surface area contributed by atoms with Crippen LogP contribution in [0.15, 0.2) is 60.8 Å². The van der Waals surface area contributed by atoms with Crippen molar-refractivity contribution in [2.24, 2.45) is 0 Å². The van der Waals surface area contributed by atoms with E-state index in [1.165, 1.54) is 173 Å². The molecular formula is C62H110O6. The topological polar surface area (TPSA) is 78.9 Å². The Kier molecular flexibility index (Phi) is 54.3. The highest BCUT2D eigenvalue weighted by molar-refractivity contribution is 5.71. The van der Waals surface area contributed by atoms with E-state index in [-0.39, 0.29) is 31.1 Å². The van der Waals surface area contributed by atoms with Gasteiger partial charge >= 0.3 is 17.9 Å². The standard InChI is InChI=1S/C62H110O6/c1-4-7-10-13-16-19-22-25-27-29-31-33-35-37-40-43-46-49-52-55-61(64)67-58-59(57-66-60(63)54-51-48-45-42-39-24-21-18-15-12-9-6-3)68-62(65)56-53-50-47-44-41-38-36-34-32-30-28-26-23-20-17-14-11-8-5-2/h16-17,19-20,25-28,31,33,59H,4-15,18,21-24,29-30,32,34-58H2,1-3H3/b19-16-,20-17-,27-25-,28-26-,33-31-. The molecule has 0 aliphatic rings. The first kappa shape index (κ1) is 65.1. The first-order valence-corrected chi connectivity index (χ1v) is 29.3. The molecule has 0 fully saturated rings. The number of carbonyl (C=O) groups is 3. The van der Waals surface area contributed by atoms with Crippen molar-refractivity contribution in [3.63, 3.8) is 0 Å². The smallest absolute Gasteiger partial charge is 0.306 e. The Morgan fingerprint density at radius 1 is 0.294 bits per heavy atom. The second-order valence-electron chi connectivity index (χ2n) is 19.6. The largest absolute Gasteiger partial charge is 0.462 e. The molecule has 6 nitrogen and oxygen atoms in total. The van der Waals surface area contributed by atoms with E-state index >= 15 is 0 Å². The molecule has 68 heavy (non-hydrogen) atoms. The summed E-state index contributed by atoms with van der Waals surface area (Å²) in [6.07, 6.45) is 70.6. The fraction of sp³-hybridized carbons (Fsp3) is 0.790. The summed E-state index contributed by atoms with van der Waals surface area (Å²) in [6, 6.07) is 0. The lowest BCUT2D eigenvalue weighted by Gasteiger charge is -2.18. The molecule has 0 rings (SSSR count). The van der Waals surface area contributed by atoms with E-state index in [1.807, 2.05) is 0 Å². The quantitative estimate of drug-likeness (QED) is 0.0262. The SMILES string of the molecule is CCCCC/C=C\C/C=C\C/C=C\CCCCCCCCC(=O)OCC(COC(=O)CCCCCCCCCCCCCC)OC(=O)CCCCCCCCCCC/C=C\C/C=C\CCCCC. The van der Waals surface area contributed by atoms with Crippen molar-refractivity contribution in [1.29, 1.82) is 0 Å². The summed E-state index contributed by atoms with van der Waals surface area (Å²) in [6.45, 7) is 6.60. The highest BCUT2D eigenvalue weighted by Crippen LogP contribution is 2.16. The lowest BCUT2D eigenvalue weighted by Crippen LogP contribution is -2.30. The summed E-state index contributed by atoms with van der Waals surface area (Å²) in [7, 11) is 0. The summed E-state index contributed by atoms with van der Waals surface area (Å²) in [4.78, 5) is 38.2. The maximum atomic E-state index is 12.9. The maximum absolute atomic E-state index is 12.9. The molecule has 0 bridgehead atoms.